The van der Waals surface area contributed by atoms with E-state index in [1.165, 1.54) is 0 Å². The van der Waals surface area contributed by atoms with Crippen molar-refractivity contribution in [1.82, 2.24) is 10.6 Å². The molecule has 0 aromatic heterocycles. The van der Waals surface area contributed by atoms with Crippen LogP contribution in [0, 0.1) is 5.92 Å². The van der Waals surface area contributed by atoms with Crippen molar-refractivity contribution in [2.45, 2.75) is 20.3 Å². The molecule has 20 heavy (non-hydrogen) atoms. The predicted molar refractivity (Wildman–Crippen MR) is 83.6 cm³/mol. The second-order valence-corrected chi connectivity index (χ2v) is 5.66. The fraction of sp³-hybridized carbons (Fsp3) is 0.429. The van der Waals surface area contributed by atoms with E-state index in [4.69, 9.17) is 0 Å². The highest BCUT2D eigenvalue weighted by Gasteiger charge is 2.06. The Labute approximate surface area is 127 Å². The van der Waals surface area contributed by atoms with Gasteiger partial charge < -0.3 is 16.0 Å². The summed E-state index contributed by atoms with van der Waals surface area (Å²) >= 11 is 3.34. The first-order valence-corrected chi connectivity index (χ1v) is 7.34. The topological polar surface area (TPSA) is 70.2 Å². The summed E-state index contributed by atoms with van der Waals surface area (Å²) in [6, 6.07) is 7.01. The maximum atomic E-state index is 11.6. The van der Waals surface area contributed by atoms with Gasteiger partial charge in [0.2, 0.25) is 5.91 Å². The first-order valence-electron chi connectivity index (χ1n) is 6.55. The van der Waals surface area contributed by atoms with Crippen LogP contribution in [0.4, 0.5) is 10.5 Å². The predicted octanol–water partition coefficient (Wildman–Crippen LogP) is 2.73. The Hall–Kier alpha value is -1.56. The van der Waals surface area contributed by atoms with Gasteiger partial charge in [0.25, 0.3) is 0 Å². The molecule has 110 valence electrons. The Kier molecular flexibility index (Phi) is 7.08. The number of benzene rings is 1. The average molecular weight is 342 g/mol. The van der Waals surface area contributed by atoms with Crippen LogP contribution >= 0.6 is 15.9 Å². The Morgan fingerprint density at radius 1 is 1.20 bits per heavy atom. The lowest BCUT2D eigenvalue weighted by Crippen LogP contribution is -2.34. The number of carbonyl (C=O) groups is 2. The number of rotatable bonds is 6. The van der Waals surface area contributed by atoms with Crippen molar-refractivity contribution < 1.29 is 9.59 Å². The summed E-state index contributed by atoms with van der Waals surface area (Å²) in [6.07, 6.45) is 0.274. The number of anilines is 1. The highest BCUT2D eigenvalue weighted by molar-refractivity contribution is 9.10. The number of halogens is 1. The number of hydrogen-bond acceptors (Lipinski definition) is 2. The van der Waals surface area contributed by atoms with E-state index in [1.807, 2.05) is 32.0 Å². The number of carbonyl (C=O) groups excluding carboxylic acids is 2. The largest absolute Gasteiger partial charge is 0.356 e. The van der Waals surface area contributed by atoms with Crippen molar-refractivity contribution in [2.75, 3.05) is 18.4 Å². The number of hydrogen-bond donors (Lipinski definition) is 3. The van der Waals surface area contributed by atoms with Gasteiger partial charge in [0, 0.05) is 24.0 Å². The molecule has 0 saturated carbocycles. The van der Waals surface area contributed by atoms with E-state index in [2.05, 4.69) is 31.9 Å². The lowest BCUT2D eigenvalue weighted by Gasteiger charge is -2.10. The van der Waals surface area contributed by atoms with Crippen LogP contribution in [0.1, 0.15) is 20.3 Å². The summed E-state index contributed by atoms with van der Waals surface area (Å²) in [7, 11) is 0. The molecule has 0 atom stereocenters. The second-order valence-electron chi connectivity index (χ2n) is 4.81. The number of nitrogens with one attached hydrogen (secondary N) is 3. The van der Waals surface area contributed by atoms with Crippen molar-refractivity contribution in [1.29, 1.82) is 0 Å². The van der Waals surface area contributed by atoms with Crippen molar-refractivity contribution >= 4 is 33.6 Å². The number of urea groups is 1. The van der Waals surface area contributed by atoms with Crippen LogP contribution in [0.5, 0.6) is 0 Å². The van der Waals surface area contributed by atoms with Gasteiger partial charge in [-0.1, -0.05) is 26.0 Å². The summed E-state index contributed by atoms with van der Waals surface area (Å²) < 4.78 is 0.810. The molecule has 0 unspecified atom stereocenters. The SMILES string of the molecule is CC(C)CNC(=O)CCNC(=O)Nc1ccccc1Br. The second kappa shape index (κ2) is 8.58. The van der Waals surface area contributed by atoms with Gasteiger partial charge in [0.15, 0.2) is 0 Å². The molecule has 6 heteroatoms. The zero-order chi connectivity index (χ0) is 15.0. The minimum absolute atomic E-state index is 0.0557. The third-order valence-corrected chi connectivity index (χ3v) is 3.16. The summed E-state index contributed by atoms with van der Waals surface area (Å²) in [5.41, 5.74) is 0.689. The van der Waals surface area contributed by atoms with E-state index in [1.54, 1.807) is 6.07 Å². The van der Waals surface area contributed by atoms with E-state index < -0.39 is 0 Å². The van der Waals surface area contributed by atoms with Crippen LogP contribution in [-0.4, -0.2) is 25.0 Å². The van der Waals surface area contributed by atoms with Crippen molar-refractivity contribution in [2.24, 2.45) is 5.92 Å². The molecule has 1 aromatic rings. The Balaban J connectivity index is 2.24. The summed E-state index contributed by atoms with van der Waals surface area (Å²) in [5, 5.41) is 8.15. The fourth-order valence-corrected chi connectivity index (χ4v) is 1.81. The minimum atomic E-state index is -0.325. The van der Waals surface area contributed by atoms with Gasteiger partial charge in [-0.05, 0) is 34.0 Å². The third kappa shape index (κ3) is 6.56. The molecule has 0 radical (unpaired) electrons. The van der Waals surface area contributed by atoms with E-state index in [-0.39, 0.29) is 18.4 Å². The maximum absolute atomic E-state index is 11.6. The Morgan fingerprint density at radius 2 is 1.90 bits per heavy atom. The monoisotopic (exact) mass is 341 g/mol. The number of amides is 3. The Bertz CT molecular complexity index is 463. The molecule has 0 saturated heterocycles. The van der Waals surface area contributed by atoms with Gasteiger partial charge >= 0.3 is 6.03 Å². The summed E-state index contributed by atoms with van der Waals surface area (Å²) in [4.78, 5) is 23.1. The van der Waals surface area contributed by atoms with Gasteiger partial charge in [-0.3, -0.25) is 4.79 Å². The Morgan fingerprint density at radius 3 is 2.55 bits per heavy atom. The molecule has 5 nitrogen and oxygen atoms in total. The molecule has 0 spiro atoms. The highest BCUT2D eigenvalue weighted by atomic mass is 79.9. The average Bonchev–Trinajstić information content (AvgIpc) is 2.39. The van der Waals surface area contributed by atoms with Crippen molar-refractivity contribution in [3.05, 3.63) is 28.7 Å². The molecule has 3 N–H and O–H groups in total. The van der Waals surface area contributed by atoms with Crippen LogP contribution < -0.4 is 16.0 Å². The zero-order valence-corrected chi connectivity index (χ0v) is 13.3. The molecule has 0 aliphatic rings. The van der Waals surface area contributed by atoms with Gasteiger partial charge in [-0.15, -0.1) is 0 Å². The molecular formula is C14H20BrN3O2. The molecule has 0 aliphatic carbocycles. The molecule has 0 heterocycles. The van der Waals surface area contributed by atoms with Gasteiger partial charge in [0.05, 0.1) is 5.69 Å². The highest BCUT2D eigenvalue weighted by Crippen LogP contribution is 2.20. The number of para-hydroxylation sites is 1. The van der Waals surface area contributed by atoms with Crippen molar-refractivity contribution in [3.63, 3.8) is 0 Å². The first-order chi connectivity index (χ1) is 9.49. The van der Waals surface area contributed by atoms with Crippen LogP contribution in [0.2, 0.25) is 0 Å². The van der Waals surface area contributed by atoms with E-state index in [0.717, 1.165) is 4.47 Å². The van der Waals surface area contributed by atoms with Crippen molar-refractivity contribution in [3.8, 4) is 0 Å². The molecule has 0 bridgehead atoms. The maximum Gasteiger partial charge on any atom is 0.319 e. The third-order valence-electron chi connectivity index (χ3n) is 2.47. The minimum Gasteiger partial charge on any atom is -0.356 e. The van der Waals surface area contributed by atoms with Crippen LogP contribution in [0.15, 0.2) is 28.7 Å². The van der Waals surface area contributed by atoms with Gasteiger partial charge in [-0.2, -0.15) is 0 Å². The molecule has 0 fully saturated rings. The first kappa shape index (κ1) is 16.5. The molecule has 3 amide bonds. The summed E-state index contributed by atoms with van der Waals surface area (Å²) in [5.74, 6) is 0.366. The van der Waals surface area contributed by atoms with Crippen LogP contribution in [0.3, 0.4) is 0 Å². The zero-order valence-electron chi connectivity index (χ0n) is 11.7. The van der Waals surface area contributed by atoms with E-state index >= 15 is 0 Å². The van der Waals surface area contributed by atoms with Crippen LogP contribution in [-0.2, 0) is 4.79 Å². The lowest BCUT2D eigenvalue weighted by molar-refractivity contribution is -0.121. The molecule has 1 rings (SSSR count). The van der Waals surface area contributed by atoms with E-state index in [9.17, 15) is 9.59 Å². The normalized spacial score (nSPS) is 10.2. The lowest BCUT2D eigenvalue weighted by atomic mass is 10.2. The smallest absolute Gasteiger partial charge is 0.319 e. The molecule has 0 aliphatic heterocycles. The van der Waals surface area contributed by atoms with Gasteiger partial charge in [0.1, 0.15) is 0 Å². The van der Waals surface area contributed by atoms with Crippen LogP contribution in [0.25, 0.3) is 0 Å². The summed E-state index contributed by atoms with van der Waals surface area (Å²) in [6.45, 7) is 5.02. The fourth-order valence-electron chi connectivity index (χ4n) is 1.42. The molecular weight excluding hydrogens is 322 g/mol. The standard InChI is InChI=1S/C14H20BrN3O2/c1-10(2)9-17-13(19)7-8-16-14(20)18-12-6-4-3-5-11(12)15/h3-6,10H,7-9H2,1-2H3,(H,17,19)(H2,16,18,20). The molecule has 1 aromatic carbocycles. The van der Waals surface area contributed by atoms with Gasteiger partial charge in [-0.25, -0.2) is 4.79 Å². The van der Waals surface area contributed by atoms with E-state index in [0.29, 0.717) is 24.7 Å². The quantitative estimate of drug-likeness (QED) is 0.744.